The Balaban J connectivity index is 2.18. The van der Waals surface area contributed by atoms with Gasteiger partial charge in [0.15, 0.2) is 5.16 Å². The van der Waals surface area contributed by atoms with Gasteiger partial charge in [-0.25, -0.2) is 4.98 Å². The first kappa shape index (κ1) is 14.1. The first-order valence-corrected chi connectivity index (χ1v) is 7.54. The van der Waals surface area contributed by atoms with Crippen LogP contribution in [0.1, 0.15) is 38.9 Å². The molecule has 0 radical (unpaired) electrons. The van der Waals surface area contributed by atoms with E-state index in [-0.39, 0.29) is 23.6 Å². The lowest BCUT2D eigenvalue weighted by Crippen LogP contribution is -2.34. The van der Waals surface area contributed by atoms with E-state index in [1.165, 1.54) is 0 Å². The lowest BCUT2D eigenvalue weighted by atomic mass is 10.2. The smallest absolute Gasteiger partial charge is 0.254 e. The van der Waals surface area contributed by atoms with E-state index in [9.17, 15) is 9.59 Å². The zero-order valence-electron chi connectivity index (χ0n) is 11.5. The van der Waals surface area contributed by atoms with Gasteiger partial charge in [0.2, 0.25) is 5.91 Å². The summed E-state index contributed by atoms with van der Waals surface area (Å²) in [4.78, 5) is 28.3. The van der Waals surface area contributed by atoms with E-state index in [0.717, 1.165) is 23.0 Å². The van der Waals surface area contributed by atoms with Crippen LogP contribution in [0.15, 0.2) is 16.0 Å². The van der Waals surface area contributed by atoms with Gasteiger partial charge in [0.25, 0.3) is 5.56 Å². The number of hydrogen-bond acceptors (Lipinski definition) is 4. The van der Waals surface area contributed by atoms with Gasteiger partial charge >= 0.3 is 0 Å². The number of aryl methyl sites for hydroxylation is 1. The average Bonchev–Trinajstić information content (AvgIpc) is 2.71. The van der Waals surface area contributed by atoms with Crippen molar-refractivity contribution < 1.29 is 4.79 Å². The van der Waals surface area contributed by atoms with Gasteiger partial charge in [-0.05, 0) is 20.3 Å². The largest absolute Gasteiger partial charge is 0.354 e. The van der Waals surface area contributed by atoms with E-state index in [1.807, 2.05) is 20.8 Å². The maximum Gasteiger partial charge on any atom is 0.254 e. The maximum atomic E-state index is 12.1. The number of fused-ring (bicyclic) bond motifs is 1. The summed E-state index contributed by atoms with van der Waals surface area (Å²) in [5, 5.41) is 3.60. The van der Waals surface area contributed by atoms with Gasteiger partial charge in [-0.3, -0.25) is 14.2 Å². The highest BCUT2D eigenvalue weighted by molar-refractivity contribution is 7.99. The molecule has 2 heterocycles. The van der Waals surface area contributed by atoms with Crippen LogP contribution in [0.3, 0.4) is 0 Å². The van der Waals surface area contributed by atoms with Crippen LogP contribution >= 0.6 is 11.8 Å². The van der Waals surface area contributed by atoms with E-state index in [2.05, 4.69) is 10.3 Å². The van der Waals surface area contributed by atoms with Crippen molar-refractivity contribution in [3.05, 3.63) is 22.1 Å². The molecule has 19 heavy (non-hydrogen) atoms. The fourth-order valence-corrected chi connectivity index (χ4v) is 3.29. The summed E-state index contributed by atoms with van der Waals surface area (Å²) in [6.45, 7) is 5.83. The van der Waals surface area contributed by atoms with Crippen molar-refractivity contribution in [3.8, 4) is 0 Å². The Hall–Kier alpha value is -1.30. The molecule has 1 aromatic rings. The summed E-state index contributed by atoms with van der Waals surface area (Å²) in [5.74, 6) is 0.723. The SMILES string of the molecule is CCc1cc(=O)n2c(n1)SCC2CC(=O)NC(C)C. The highest BCUT2D eigenvalue weighted by Gasteiger charge is 2.27. The van der Waals surface area contributed by atoms with Crippen molar-refractivity contribution in [1.29, 1.82) is 0 Å². The maximum absolute atomic E-state index is 12.1. The van der Waals surface area contributed by atoms with Crippen LogP contribution in [0.5, 0.6) is 0 Å². The van der Waals surface area contributed by atoms with E-state index in [0.29, 0.717) is 6.42 Å². The van der Waals surface area contributed by atoms with Crippen LogP contribution < -0.4 is 10.9 Å². The van der Waals surface area contributed by atoms with Crippen molar-refractivity contribution >= 4 is 17.7 Å². The second-order valence-electron chi connectivity index (χ2n) is 4.98. The predicted molar refractivity (Wildman–Crippen MR) is 75.5 cm³/mol. The Morgan fingerprint density at radius 1 is 1.63 bits per heavy atom. The highest BCUT2D eigenvalue weighted by Crippen LogP contribution is 2.31. The highest BCUT2D eigenvalue weighted by atomic mass is 32.2. The summed E-state index contributed by atoms with van der Waals surface area (Å²) in [6, 6.07) is 1.62. The Morgan fingerprint density at radius 2 is 2.37 bits per heavy atom. The van der Waals surface area contributed by atoms with Crippen molar-refractivity contribution in [3.63, 3.8) is 0 Å². The number of carbonyl (C=O) groups excluding carboxylic acids is 1. The van der Waals surface area contributed by atoms with Crippen molar-refractivity contribution in [1.82, 2.24) is 14.9 Å². The van der Waals surface area contributed by atoms with Gasteiger partial charge in [-0.15, -0.1) is 0 Å². The molecule has 104 valence electrons. The molecule has 0 fully saturated rings. The van der Waals surface area contributed by atoms with Gasteiger partial charge in [0.05, 0.1) is 6.04 Å². The zero-order chi connectivity index (χ0) is 14.0. The fourth-order valence-electron chi connectivity index (χ4n) is 2.12. The molecule has 1 amide bonds. The number of aromatic nitrogens is 2. The number of amides is 1. The molecule has 0 aliphatic carbocycles. The minimum Gasteiger partial charge on any atom is -0.354 e. The van der Waals surface area contributed by atoms with Crippen LogP contribution in [0.4, 0.5) is 0 Å². The van der Waals surface area contributed by atoms with E-state index >= 15 is 0 Å². The van der Waals surface area contributed by atoms with Crippen molar-refractivity contribution in [2.75, 3.05) is 5.75 Å². The molecule has 1 aliphatic heterocycles. The number of carbonyl (C=O) groups is 1. The van der Waals surface area contributed by atoms with Gasteiger partial charge in [0.1, 0.15) is 0 Å². The third kappa shape index (κ3) is 3.18. The Kier molecular flexibility index (Phi) is 4.29. The Bertz CT molecular complexity index is 539. The molecule has 0 spiro atoms. The topological polar surface area (TPSA) is 64.0 Å². The third-order valence-electron chi connectivity index (χ3n) is 2.98. The summed E-state index contributed by atoms with van der Waals surface area (Å²) >= 11 is 1.55. The first-order chi connectivity index (χ1) is 9.01. The monoisotopic (exact) mass is 281 g/mol. The molecule has 1 unspecified atom stereocenters. The molecular weight excluding hydrogens is 262 g/mol. The van der Waals surface area contributed by atoms with Crippen molar-refractivity contribution in [2.24, 2.45) is 0 Å². The molecule has 1 atom stereocenters. The second kappa shape index (κ2) is 5.77. The number of nitrogens with one attached hydrogen (secondary N) is 1. The lowest BCUT2D eigenvalue weighted by Gasteiger charge is -2.14. The fraction of sp³-hybridized carbons (Fsp3) is 0.615. The lowest BCUT2D eigenvalue weighted by molar-refractivity contribution is -0.122. The van der Waals surface area contributed by atoms with E-state index in [4.69, 9.17) is 0 Å². The second-order valence-corrected chi connectivity index (χ2v) is 5.97. The molecular formula is C13H19N3O2S. The summed E-state index contributed by atoms with van der Waals surface area (Å²) < 4.78 is 1.66. The van der Waals surface area contributed by atoms with Crippen LogP contribution in [0.2, 0.25) is 0 Å². The van der Waals surface area contributed by atoms with Gasteiger partial charge < -0.3 is 5.32 Å². The van der Waals surface area contributed by atoms with E-state index in [1.54, 1.807) is 22.4 Å². The number of nitrogens with zero attached hydrogens (tertiary/aromatic N) is 2. The predicted octanol–water partition coefficient (Wildman–Crippen LogP) is 1.37. The molecule has 1 aliphatic rings. The molecule has 1 N–H and O–H groups in total. The van der Waals surface area contributed by atoms with Gasteiger partial charge in [-0.1, -0.05) is 18.7 Å². The normalized spacial score (nSPS) is 17.6. The third-order valence-corrected chi connectivity index (χ3v) is 4.07. The Labute approximate surface area is 116 Å². The molecule has 0 bridgehead atoms. The zero-order valence-corrected chi connectivity index (χ0v) is 12.3. The first-order valence-electron chi connectivity index (χ1n) is 6.56. The molecule has 2 rings (SSSR count). The van der Waals surface area contributed by atoms with E-state index < -0.39 is 0 Å². The number of rotatable bonds is 4. The molecule has 0 saturated carbocycles. The molecule has 1 aromatic heterocycles. The Morgan fingerprint density at radius 3 is 3.00 bits per heavy atom. The number of hydrogen-bond donors (Lipinski definition) is 1. The quantitative estimate of drug-likeness (QED) is 0.847. The molecule has 0 saturated heterocycles. The minimum atomic E-state index is -0.0790. The average molecular weight is 281 g/mol. The summed E-state index contributed by atoms with van der Waals surface area (Å²) in [6.07, 6.45) is 1.09. The summed E-state index contributed by atoms with van der Waals surface area (Å²) in [7, 11) is 0. The molecule has 5 nitrogen and oxygen atoms in total. The van der Waals surface area contributed by atoms with Crippen LogP contribution in [0.25, 0.3) is 0 Å². The standard InChI is InChI=1S/C13H19N3O2S/c1-4-9-5-12(18)16-10(7-19-13(16)15-9)6-11(17)14-8(2)3/h5,8,10H,4,6-7H2,1-3H3,(H,14,17). The van der Waals surface area contributed by atoms with Crippen molar-refractivity contribution in [2.45, 2.75) is 50.9 Å². The van der Waals surface area contributed by atoms with Crippen LogP contribution in [-0.4, -0.2) is 27.3 Å². The number of thioether (sulfide) groups is 1. The van der Waals surface area contributed by atoms with Crippen LogP contribution in [-0.2, 0) is 11.2 Å². The van der Waals surface area contributed by atoms with Gasteiger partial charge in [-0.2, -0.15) is 0 Å². The summed E-state index contributed by atoms with van der Waals surface area (Å²) in [5.41, 5.74) is 0.769. The molecule has 0 aromatic carbocycles. The minimum absolute atomic E-state index is 0.0140. The van der Waals surface area contributed by atoms with Gasteiger partial charge in [0, 0.05) is 30.0 Å². The molecule has 6 heteroatoms. The van der Waals surface area contributed by atoms with Crippen LogP contribution in [0, 0.1) is 0 Å².